The summed E-state index contributed by atoms with van der Waals surface area (Å²) in [6.45, 7) is 9.21. The van der Waals surface area contributed by atoms with E-state index in [4.69, 9.17) is 10.00 Å². The highest BCUT2D eigenvalue weighted by molar-refractivity contribution is 7.98. The molecule has 1 aliphatic rings. The van der Waals surface area contributed by atoms with Crippen LogP contribution in [-0.2, 0) is 6.42 Å². The van der Waals surface area contributed by atoms with Crippen molar-refractivity contribution in [2.75, 3.05) is 26.0 Å². The highest BCUT2D eigenvalue weighted by Crippen LogP contribution is 2.25. The van der Waals surface area contributed by atoms with Gasteiger partial charge in [0.25, 0.3) is 0 Å². The number of benzene rings is 2. The summed E-state index contributed by atoms with van der Waals surface area (Å²) in [6.07, 6.45) is 4.26. The first-order chi connectivity index (χ1) is 13.7. The normalized spacial score (nSPS) is 18.8. The van der Waals surface area contributed by atoms with Gasteiger partial charge in [-0.25, -0.2) is 0 Å². The van der Waals surface area contributed by atoms with Crippen LogP contribution in [0, 0.1) is 17.2 Å². The summed E-state index contributed by atoms with van der Waals surface area (Å²) in [5, 5.41) is 9.03. The van der Waals surface area contributed by atoms with E-state index in [2.05, 4.69) is 54.5 Å². The van der Waals surface area contributed by atoms with Crippen molar-refractivity contribution >= 4 is 11.8 Å². The number of ether oxygens (including phenoxy) is 1. The summed E-state index contributed by atoms with van der Waals surface area (Å²) in [7, 11) is 0. The van der Waals surface area contributed by atoms with Crippen LogP contribution in [0.3, 0.4) is 0 Å². The summed E-state index contributed by atoms with van der Waals surface area (Å²) in [4.78, 5) is 3.81. The van der Waals surface area contributed by atoms with E-state index in [0.29, 0.717) is 12.0 Å². The van der Waals surface area contributed by atoms with E-state index >= 15 is 0 Å². The number of hydrogen-bond acceptors (Lipinski definition) is 4. The lowest BCUT2D eigenvalue weighted by Crippen LogP contribution is -2.29. The Bertz CT molecular complexity index is 754. The maximum atomic E-state index is 9.03. The van der Waals surface area contributed by atoms with Crippen LogP contribution in [0.25, 0.3) is 0 Å². The number of rotatable bonds is 7. The third-order valence-electron chi connectivity index (χ3n) is 5.08. The molecule has 0 bridgehead atoms. The second-order valence-electron chi connectivity index (χ2n) is 6.99. The van der Waals surface area contributed by atoms with Crippen LogP contribution in [0.1, 0.15) is 38.3 Å². The van der Waals surface area contributed by atoms with Gasteiger partial charge >= 0.3 is 0 Å². The van der Waals surface area contributed by atoms with E-state index in [1.54, 1.807) is 11.8 Å². The molecule has 4 heteroatoms. The van der Waals surface area contributed by atoms with E-state index < -0.39 is 0 Å². The summed E-state index contributed by atoms with van der Waals surface area (Å²) < 4.78 is 6.01. The molecule has 2 unspecified atom stereocenters. The van der Waals surface area contributed by atoms with Crippen LogP contribution in [0.4, 0.5) is 0 Å². The van der Waals surface area contributed by atoms with Gasteiger partial charge in [-0.2, -0.15) is 5.26 Å². The molecule has 1 saturated heterocycles. The zero-order chi connectivity index (χ0) is 20.4. The number of nitrogens with zero attached hydrogens (tertiary/aromatic N) is 2. The first-order valence-electron chi connectivity index (χ1n) is 10.2. The van der Waals surface area contributed by atoms with Crippen molar-refractivity contribution in [1.29, 1.82) is 5.26 Å². The fourth-order valence-electron chi connectivity index (χ4n) is 3.61. The predicted molar refractivity (Wildman–Crippen MR) is 119 cm³/mol. The average Bonchev–Trinajstić information content (AvgIpc) is 3.12. The van der Waals surface area contributed by atoms with Gasteiger partial charge < -0.3 is 4.74 Å². The molecule has 0 amide bonds. The molecule has 1 aliphatic heterocycles. The van der Waals surface area contributed by atoms with Crippen molar-refractivity contribution in [3.63, 3.8) is 0 Å². The predicted octanol–water partition coefficient (Wildman–Crippen LogP) is 5.64. The molecule has 2 atom stereocenters. The number of thioether (sulfide) groups is 1. The molecular weight excluding hydrogens is 364 g/mol. The fourth-order valence-corrected chi connectivity index (χ4v) is 4.01. The van der Waals surface area contributed by atoms with E-state index in [9.17, 15) is 0 Å². The molecule has 0 saturated carbocycles. The van der Waals surface area contributed by atoms with Crippen LogP contribution in [-0.4, -0.2) is 36.9 Å². The van der Waals surface area contributed by atoms with Crippen LogP contribution >= 0.6 is 11.8 Å². The lowest BCUT2D eigenvalue weighted by molar-refractivity contribution is 0.234. The highest BCUT2D eigenvalue weighted by Gasteiger charge is 2.29. The minimum absolute atomic E-state index is 0.579. The Morgan fingerprint density at radius 1 is 1.18 bits per heavy atom. The molecule has 0 radical (unpaired) electrons. The zero-order valence-corrected chi connectivity index (χ0v) is 18.3. The molecule has 2 aromatic carbocycles. The summed E-state index contributed by atoms with van der Waals surface area (Å²) >= 11 is 1.75. The molecule has 0 aromatic heterocycles. The molecule has 0 aliphatic carbocycles. The minimum Gasteiger partial charge on any atom is -0.493 e. The maximum absolute atomic E-state index is 9.03. The molecule has 0 spiro atoms. The van der Waals surface area contributed by atoms with Gasteiger partial charge in [-0.05, 0) is 68.0 Å². The molecular formula is C24H32N2OS. The first kappa shape index (κ1) is 22.3. The van der Waals surface area contributed by atoms with Crippen LogP contribution in [0.15, 0.2) is 53.4 Å². The first-order valence-corrected chi connectivity index (χ1v) is 11.4. The topological polar surface area (TPSA) is 36.3 Å². The molecule has 3 nitrogen and oxygen atoms in total. The smallest absolute Gasteiger partial charge is 0.119 e. The quantitative estimate of drug-likeness (QED) is 0.568. The summed E-state index contributed by atoms with van der Waals surface area (Å²) in [5.74, 6) is 1.54. The minimum atomic E-state index is 0.579. The zero-order valence-electron chi connectivity index (χ0n) is 17.5. The Morgan fingerprint density at radius 3 is 2.61 bits per heavy atom. The van der Waals surface area contributed by atoms with Gasteiger partial charge in [0.15, 0.2) is 0 Å². The lowest BCUT2D eigenvalue weighted by atomic mass is 10.1. The van der Waals surface area contributed by atoms with Crippen LogP contribution < -0.4 is 4.74 Å². The summed E-state index contributed by atoms with van der Waals surface area (Å²) in [5.41, 5.74) is 1.99. The molecule has 150 valence electrons. The number of hydrogen-bond donors (Lipinski definition) is 0. The third kappa shape index (κ3) is 6.58. The second-order valence-corrected chi connectivity index (χ2v) is 7.87. The van der Waals surface area contributed by atoms with Crippen molar-refractivity contribution in [2.24, 2.45) is 5.92 Å². The average molecular weight is 397 g/mol. The van der Waals surface area contributed by atoms with Crippen LogP contribution in [0.5, 0.6) is 5.75 Å². The number of nitriles is 1. The fraction of sp³-hybridized carbons (Fsp3) is 0.458. The molecule has 0 N–H and O–H groups in total. The maximum Gasteiger partial charge on any atom is 0.119 e. The van der Waals surface area contributed by atoms with Gasteiger partial charge in [-0.1, -0.05) is 26.0 Å². The Kier molecular flexibility index (Phi) is 9.40. The Morgan fingerprint density at radius 2 is 1.93 bits per heavy atom. The van der Waals surface area contributed by atoms with Gasteiger partial charge in [0.05, 0.1) is 18.2 Å². The second kappa shape index (κ2) is 11.8. The highest BCUT2D eigenvalue weighted by atomic mass is 32.2. The standard InChI is InChI=1S/C22H26N2OS.C2H6/c1-17-12-20(16-25-21-6-8-22(26-2)9-7-21)15-24(17)11-10-18-4-3-5-19(13-18)14-23;1-2/h3-9,13,17,20H,10-12,15-16H2,1-2H3;1-2H3. The summed E-state index contributed by atoms with van der Waals surface area (Å²) in [6, 6.07) is 19.1. The Hall–Kier alpha value is -1.96. The van der Waals surface area contributed by atoms with Crippen molar-refractivity contribution in [3.8, 4) is 11.8 Å². The van der Waals surface area contributed by atoms with E-state index in [-0.39, 0.29) is 0 Å². The Balaban J connectivity index is 0.00000136. The molecule has 28 heavy (non-hydrogen) atoms. The Labute approximate surface area is 174 Å². The van der Waals surface area contributed by atoms with Crippen molar-refractivity contribution in [1.82, 2.24) is 4.90 Å². The largest absolute Gasteiger partial charge is 0.493 e. The molecule has 2 aromatic rings. The third-order valence-corrected chi connectivity index (χ3v) is 5.82. The monoisotopic (exact) mass is 396 g/mol. The molecule has 3 rings (SSSR count). The number of likely N-dealkylation sites (tertiary alicyclic amines) is 1. The van der Waals surface area contributed by atoms with Crippen molar-refractivity contribution in [2.45, 2.75) is 44.6 Å². The molecule has 1 heterocycles. The van der Waals surface area contributed by atoms with Gasteiger partial charge in [0.1, 0.15) is 5.75 Å². The SMILES string of the molecule is CC.CSc1ccc(OCC2CC(C)N(CCc3cccc(C#N)c3)C2)cc1. The van der Waals surface area contributed by atoms with Gasteiger partial charge in [0.2, 0.25) is 0 Å². The van der Waals surface area contributed by atoms with Crippen LogP contribution in [0.2, 0.25) is 0 Å². The lowest BCUT2D eigenvalue weighted by Gasteiger charge is -2.21. The van der Waals surface area contributed by atoms with E-state index in [0.717, 1.165) is 37.4 Å². The van der Waals surface area contributed by atoms with E-state index in [1.807, 2.05) is 32.0 Å². The van der Waals surface area contributed by atoms with Crippen molar-refractivity contribution < 1.29 is 4.74 Å². The van der Waals surface area contributed by atoms with Gasteiger partial charge in [0, 0.05) is 29.9 Å². The van der Waals surface area contributed by atoms with E-state index in [1.165, 1.54) is 16.9 Å². The van der Waals surface area contributed by atoms with Gasteiger partial charge in [-0.3, -0.25) is 4.90 Å². The van der Waals surface area contributed by atoms with Crippen molar-refractivity contribution in [3.05, 3.63) is 59.7 Å². The molecule has 1 fully saturated rings. The van der Waals surface area contributed by atoms with Gasteiger partial charge in [-0.15, -0.1) is 11.8 Å².